The second kappa shape index (κ2) is 7.73. The number of hydrogen-bond acceptors (Lipinski definition) is 5. The number of aromatic nitrogens is 1. The van der Waals surface area contributed by atoms with Crippen LogP contribution in [0.3, 0.4) is 0 Å². The molecule has 2 N–H and O–H groups in total. The Hall–Kier alpha value is -1.17. The van der Waals surface area contributed by atoms with Gasteiger partial charge in [0.1, 0.15) is 0 Å². The van der Waals surface area contributed by atoms with E-state index in [9.17, 15) is 5.11 Å². The predicted octanol–water partition coefficient (Wildman–Crippen LogP) is 1.43. The molecule has 0 aromatic carbocycles. The molecule has 1 aromatic rings. The first-order valence-electron chi connectivity index (χ1n) is 7.70. The third-order valence-corrected chi connectivity index (χ3v) is 4.14. The zero-order valence-electron chi connectivity index (χ0n) is 13.1. The number of aliphatic hydroxyl groups is 1. The summed E-state index contributed by atoms with van der Waals surface area (Å²) in [7, 11) is 1.67. The van der Waals surface area contributed by atoms with E-state index in [2.05, 4.69) is 27.3 Å². The highest BCUT2D eigenvalue weighted by atomic mass is 16.5. The quantitative estimate of drug-likeness (QED) is 0.796. The minimum Gasteiger partial charge on any atom is -0.389 e. The molecule has 0 saturated carbocycles. The zero-order chi connectivity index (χ0) is 15.1. The molecule has 0 spiro atoms. The monoisotopic (exact) mass is 293 g/mol. The molecular formula is C16H27N3O2. The Balaban J connectivity index is 1.72. The highest BCUT2D eigenvalue weighted by Gasteiger charge is 2.24. The largest absolute Gasteiger partial charge is 0.389 e. The molecule has 2 rings (SSSR count). The lowest BCUT2D eigenvalue weighted by Gasteiger charge is -2.35. The minimum absolute atomic E-state index is 0.483. The minimum atomic E-state index is -0.696. The van der Waals surface area contributed by atoms with Crippen molar-refractivity contribution >= 4 is 5.69 Å². The topological polar surface area (TPSA) is 57.6 Å². The average molecular weight is 293 g/mol. The van der Waals surface area contributed by atoms with Crippen molar-refractivity contribution in [3.63, 3.8) is 0 Å². The van der Waals surface area contributed by atoms with Gasteiger partial charge in [-0.15, -0.1) is 0 Å². The SMILES string of the molecule is COCCC(C)(O)CNC1CCN(c2ccncc2)CC1. The van der Waals surface area contributed by atoms with Crippen LogP contribution in [0.5, 0.6) is 0 Å². The molecule has 0 radical (unpaired) electrons. The van der Waals surface area contributed by atoms with Crippen LogP contribution in [0.15, 0.2) is 24.5 Å². The maximum absolute atomic E-state index is 10.2. The van der Waals surface area contributed by atoms with Gasteiger partial charge >= 0.3 is 0 Å². The number of pyridine rings is 1. The van der Waals surface area contributed by atoms with E-state index in [4.69, 9.17) is 4.74 Å². The number of piperidine rings is 1. The normalized spacial score (nSPS) is 19.5. The molecule has 118 valence electrons. The molecule has 21 heavy (non-hydrogen) atoms. The molecule has 1 aliphatic rings. The molecule has 1 aromatic heterocycles. The van der Waals surface area contributed by atoms with Gasteiger partial charge in [-0.05, 0) is 31.9 Å². The summed E-state index contributed by atoms with van der Waals surface area (Å²) in [5.74, 6) is 0. The van der Waals surface area contributed by atoms with Crippen molar-refractivity contribution in [2.45, 2.75) is 37.8 Å². The van der Waals surface area contributed by atoms with Gasteiger partial charge < -0.3 is 20.1 Å². The van der Waals surface area contributed by atoms with Gasteiger partial charge in [0.2, 0.25) is 0 Å². The van der Waals surface area contributed by atoms with E-state index in [1.165, 1.54) is 5.69 Å². The summed E-state index contributed by atoms with van der Waals surface area (Å²) in [6.07, 6.45) is 6.54. The summed E-state index contributed by atoms with van der Waals surface area (Å²) >= 11 is 0. The first-order valence-corrected chi connectivity index (χ1v) is 7.70. The highest BCUT2D eigenvalue weighted by molar-refractivity contribution is 5.44. The Morgan fingerprint density at radius 3 is 2.67 bits per heavy atom. The van der Waals surface area contributed by atoms with Gasteiger partial charge in [0.05, 0.1) is 5.60 Å². The fraction of sp³-hybridized carbons (Fsp3) is 0.688. The Kier molecular flexibility index (Phi) is 5.96. The third kappa shape index (κ3) is 5.26. The number of anilines is 1. The lowest BCUT2D eigenvalue weighted by molar-refractivity contribution is 0.0221. The molecular weight excluding hydrogens is 266 g/mol. The molecule has 1 saturated heterocycles. The van der Waals surface area contributed by atoms with Gasteiger partial charge in [-0.1, -0.05) is 0 Å². The van der Waals surface area contributed by atoms with Crippen molar-refractivity contribution in [3.05, 3.63) is 24.5 Å². The second-order valence-electron chi connectivity index (χ2n) is 6.09. The molecule has 1 fully saturated rings. The van der Waals surface area contributed by atoms with Crippen molar-refractivity contribution < 1.29 is 9.84 Å². The van der Waals surface area contributed by atoms with E-state index in [1.807, 2.05) is 19.3 Å². The maximum atomic E-state index is 10.2. The average Bonchev–Trinajstić information content (AvgIpc) is 2.53. The summed E-state index contributed by atoms with van der Waals surface area (Å²) < 4.78 is 5.03. The molecule has 1 aliphatic heterocycles. The van der Waals surface area contributed by atoms with Crippen LogP contribution in [0.4, 0.5) is 5.69 Å². The van der Waals surface area contributed by atoms with Crippen molar-refractivity contribution in [3.8, 4) is 0 Å². The number of methoxy groups -OCH3 is 1. The summed E-state index contributed by atoms with van der Waals surface area (Å²) in [4.78, 5) is 6.45. The van der Waals surface area contributed by atoms with E-state index in [0.29, 0.717) is 25.6 Å². The molecule has 5 nitrogen and oxygen atoms in total. The third-order valence-electron chi connectivity index (χ3n) is 4.14. The second-order valence-corrected chi connectivity index (χ2v) is 6.09. The van der Waals surface area contributed by atoms with Crippen LogP contribution in [0.1, 0.15) is 26.2 Å². The van der Waals surface area contributed by atoms with Gasteiger partial charge in [0.15, 0.2) is 0 Å². The number of rotatable bonds is 7. The van der Waals surface area contributed by atoms with Crippen LogP contribution in [0, 0.1) is 0 Å². The van der Waals surface area contributed by atoms with E-state index in [-0.39, 0.29) is 0 Å². The number of nitrogens with one attached hydrogen (secondary N) is 1. The van der Waals surface area contributed by atoms with Gasteiger partial charge in [-0.3, -0.25) is 4.98 Å². The summed E-state index contributed by atoms with van der Waals surface area (Å²) in [5.41, 5.74) is 0.550. The number of nitrogens with zero attached hydrogens (tertiary/aromatic N) is 2. The molecule has 0 aliphatic carbocycles. The molecule has 2 heterocycles. The van der Waals surface area contributed by atoms with Crippen LogP contribution in [0.2, 0.25) is 0 Å². The van der Waals surface area contributed by atoms with Gasteiger partial charge in [0, 0.05) is 63.9 Å². The van der Waals surface area contributed by atoms with E-state index in [0.717, 1.165) is 25.9 Å². The van der Waals surface area contributed by atoms with Crippen LogP contribution in [-0.4, -0.2) is 55.1 Å². The van der Waals surface area contributed by atoms with Crippen LogP contribution >= 0.6 is 0 Å². The maximum Gasteiger partial charge on any atom is 0.0765 e. The first-order chi connectivity index (χ1) is 10.1. The summed E-state index contributed by atoms with van der Waals surface area (Å²) in [6.45, 7) is 5.17. The van der Waals surface area contributed by atoms with Crippen molar-refractivity contribution in [2.75, 3.05) is 38.3 Å². The number of ether oxygens (including phenoxy) is 1. The predicted molar refractivity (Wildman–Crippen MR) is 84.6 cm³/mol. The number of hydrogen-bond donors (Lipinski definition) is 2. The Bertz CT molecular complexity index is 403. The molecule has 1 unspecified atom stereocenters. The van der Waals surface area contributed by atoms with Crippen LogP contribution < -0.4 is 10.2 Å². The smallest absolute Gasteiger partial charge is 0.0765 e. The van der Waals surface area contributed by atoms with Gasteiger partial charge in [-0.25, -0.2) is 0 Å². The molecule has 0 bridgehead atoms. The van der Waals surface area contributed by atoms with E-state index < -0.39 is 5.60 Å². The lowest BCUT2D eigenvalue weighted by Crippen LogP contribution is -2.48. The van der Waals surface area contributed by atoms with Gasteiger partial charge in [0.25, 0.3) is 0 Å². The van der Waals surface area contributed by atoms with E-state index >= 15 is 0 Å². The van der Waals surface area contributed by atoms with Crippen molar-refractivity contribution in [1.29, 1.82) is 0 Å². The molecule has 0 amide bonds. The molecule has 5 heteroatoms. The van der Waals surface area contributed by atoms with Gasteiger partial charge in [-0.2, -0.15) is 0 Å². The summed E-state index contributed by atoms with van der Waals surface area (Å²) in [5, 5.41) is 13.7. The fourth-order valence-electron chi connectivity index (χ4n) is 2.67. The summed E-state index contributed by atoms with van der Waals surface area (Å²) in [6, 6.07) is 4.60. The van der Waals surface area contributed by atoms with Crippen LogP contribution in [0.25, 0.3) is 0 Å². The lowest BCUT2D eigenvalue weighted by atomic mass is 10.00. The zero-order valence-corrected chi connectivity index (χ0v) is 13.1. The first kappa shape index (κ1) is 16.2. The van der Waals surface area contributed by atoms with Crippen LogP contribution in [-0.2, 0) is 4.74 Å². The molecule has 1 atom stereocenters. The van der Waals surface area contributed by atoms with Crippen molar-refractivity contribution in [1.82, 2.24) is 10.3 Å². The Morgan fingerprint density at radius 1 is 1.38 bits per heavy atom. The van der Waals surface area contributed by atoms with E-state index in [1.54, 1.807) is 7.11 Å². The van der Waals surface area contributed by atoms with Crippen molar-refractivity contribution in [2.24, 2.45) is 0 Å². The Labute approximate surface area is 127 Å². The fourth-order valence-corrected chi connectivity index (χ4v) is 2.67. The highest BCUT2D eigenvalue weighted by Crippen LogP contribution is 2.19. The standard InChI is InChI=1S/C16H27N3O2/c1-16(20,7-12-21-2)13-18-14-5-10-19(11-6-14)15-3-8-17-9-4-15/h3-4,8-9,14,18,20H,5-7,10-13H2,1-2H3. The Morgan fingerprint density at radius 2 is 2.05 bits per heavy atom.